The van der Waals surface area contributed by atoms with Gasteiger partial charge in [0.2, 0.25) is 0 Å². The van der Waals surface area contributed by atoms with Crippen LogP contribution in [0, 0.1) is 0 Å². The summed E-state index contributed by atoms with van der Waals surface area (Å²) in [5.41, 5.74) is 0. The first-order valence-corrected chi connectivity index (χ1v) is 43.1. The monoisotopic (exact) mass is 1410 g/mol. The summed E-state index contributed by atoms with van der Waals surface area (Å²) in [6, 6.07) is 0. The van der Waals surface area contributed by atoms with Crippen molar-refractivity contribution in [1.82, 2.24) is 0 Å². The van der Waals surface area contributed by atoms with E-state index in [4.69, 9.17) is 18.9 Å². The third-order valence-corrected chi connectivity index (χ3v) is 19.0. The first-order chi connectivity index (χ1) is 49.6. The van der Waals surface area contributed by atoms with Crippen molar-refractivity contribution in [2.24, 2.45) is 0 Å². The molecule has 2 atom stereocenters. The van der Waals surface area contributed by atoms with Crippen LogP contribution >= 0.6 is 0 Å². The molecule has 0 fully saturated rings. The number of aliphatic carboxylic acids is 1. The molecule has 584 valence electrons. The van der Waals surface area contributed by atoms with Gasteiger partial charge in [0, 0.05) is 12.8 Å². The van der Waals surface area contributed by atoms with E-state index in [0.717, 1.165) is 89.9 Å². The van der Waals surface area contributed by atoms with Crippen molar-refractivity contribution in [1.29, 1.82) is 0 Å². The maximum Gasteiger partial charge on any atom is 0.361 e. The van der Waals surface area contributed by atoms with Crippen LogP contribution in [0.15, 0.2) is 109 Å². The smallest absolute Gasteiger partial charge is 0.361 e. The van der Waals surface area contributed by atoms with Gasteiger partial charge in [-0.1, -0.05) is 393 Å². The molecule has 2 unspecified atom stereocenters. The minimum absolute atomic E-state index is 0.181. The minimum Gasteiger partial charge on any atom is -0.477 e. The first kappa shape index (κ1) is 97.0. The van der Waals surface area contributed by atoms with Crippen molar-refractivity contribution < 1.29 is 42.9 Å². The summed E-state index contributed by atoms with van der Waals surface area (Å²) in [5.74, 6) is -1.98. The topological polar surface area (TPSA) is 108 Å². The van der Waals surface area contributed by atoms with Gasteiger partial charge < -0.3 is 28.5 Å². The Morgan fingerprint density at radius 3 is 0.842 bits per heavy atom. The highest BCUT2D eigenvalue weighted by molar-refractivity contribution is 5.71. The first-order valence-electron chi connectivity index (χ1n) is 43.1. The number of esters is 2. The number of hydrogen-bond acceptors (Lipinski definition) is 7. The van der Waals surface area contributed by atoms with E-state index in [0.29, 0.717) is 17.4 Å². The number of allylic oxidation sites excluding steroid dienone is 18. The fourth-order valence-electron chi connectivity index (χ4n) is 12.5. The van der Waals surface area contributed by atoms with E-state index in [-0.39, 0.29) is 38.2 Å². The Labute approximate surface area is 625 Å². The quantitative estimate of drug-likeness (QED) is 0.0211. The van der Waals surface area contributed by atoms with Gasteiger partial charge in [0.25, 0.3) is 6.29 Å². The van der Waals surface area contributed by atoms with Crippen molar-refractivity contribution in [2.45, 2.75) is 411 Å². The summed E-state index contributed by atoms with van der Waals surface area (Å²) in [7, 11) is 5.99. The fraction of sp³-hybridized carbons (Fsp3) is 0.772. The standard InChI is InChI=1S/C92H163NO8/c1-6-8-10-12-14-16-18-20-22-24-26-28-30-32-34-36-38-40-42-43-44-45-46-47-49-50-52-54-56-58-60-62-64-66-68-70-72-74-76-78-80-82-89(94)99-86-88(87-100-92(91(96)97)98-85-84-93(3,4)5)101-90(95)83-81-79-77-75-73-71-69-67-65-63-61-59-57-55-53-51-48-41-39-37-35-33-31-29-27-25-23-21-19-17-15-13-11-9-7-2/h9,11,15,17-18,20-21,23-24,26-27,29-30,32-33,35,39,41,88,92H,6-8,10,12-14,16,19,22,25,28,31,34,36-38,40,42-87H2,1-5H3/p+1/b11-9-,17-15-,20-18-,23-21-,26-24-,29-27-,32-30-,35-33-,41-39-. The van der Waals surface area contributed by atoms with Crippen LogP contribution in [0.2, 0.25) is 0 Å². The van der Waals surface area contributed by atoms with Crippen molar-refractivity contribution in [2.75, 3.05) is 47.5 Å². The van der Waals surface area contributed by atoms with Crippen LogP contribution < -0.4 is 0 Å². The number of quaternary nitrogens is 1. The van der Waals surface area contributed by atoms with Gasteiger partial charge >= 0.3 is 17.9 Å². The van der Waals surface area contributed by atoms with Gasteiger partial charge in [-0.05, 0) is 103 Å². The van der Waals surface area contributed by atoms with Crippen LogP contribution in [0.1, 0.15) is 399 Å². The number of carbonyl (C=O) groups is 3. The molecular formula is C92H164NO8+. The molecule has 101 heavy (non-hydrogen) atoms. The van der Waals surface area contributed by atoms with Gasteiger partial charge in [-0.2, -0.15) is 0 Å². The summed E-state index contributed by atoms with van der Waals surface area (Å²) < 4.78 is 23.1. The van der Waals surface area contributed by atoms with E-state index in [1.54, 1.807) is 0 Å². The lowest BCUT2D eigenvalue weighted by molar-refractivity contribution is -0.870. The number of hydrogen-bond donors (Lipinski definition) is 1. The van der Waals surface area contributed by atoms with Gasteiger partial charge in [0.05, 0.1) is 34.4 Å². The summed E-state index contributed by atoms with van der Waals surface area (Å²) in [5, 5.41) is 9.79. The Balaban J connectivity index is 3.95. The molecule has 0 heterocycles. The van der Waals surface area contributed by atoms with Crippen molar-refractivity contribution in [3.8, 4) is 0 Å². The molecule has 0 bridgehead atoms. The molecule has 0 aromatic heterocycles. The fourth-order valence-corrected chi connectivity index (χ4v) is 12.5. The number of rotatable bonds is 80. The Hall–Kier alpha value is -4.05. The number of carbonyl (C=O) groups excluding carboxylic acids is 2. The number of unbranched alkanes of at least 4 members (excludes halogenated alkanes) is 47. The molecule has 0 aliphatic heterocycles. The van der Waals surface area contributed by atoms with Crippen LogP contribution in [0.5, 0.6) is 0 Å². The van der Waals surface area contributed by atoms with Gasteiger partial charge in [-0.3, -0.25) is 9.59 Å². The zero-order valence-corrected chi connectivity index (χ0v) is 67.1. The zero-order valence-electron chi connectivity index (χ0n) is 67.1. The molecule has 1 N–H and O–H groups in total. The molecule has 0 rings (SSSR count). The Bertz CT molecular complexity index is 2040. The third kappa shape index (κ3) is 83.1. The van der Waals surface area contributed by atoms with Crippen molar-refractivity contribution in [3.63, 3.8) is 0 Å². The second-order valence-corrected chi connectivity index (χ2v) is 30.1. The predicted octanol–water partition coefficient (Wildman–Crippen LogP) is 28.0. The molecule has 9 heteroatoms. The number of nitrogens with zero attached hydrogens (tertiary/aromatic N) is 1. The second kappa shape index (κ2) is 81.6. The van der Waals surface area contributed by atoms with Crippen LogP contribution in [-0.4, -0.2) is 87.4 Å². The number of likely N-dealkylation sites (N-methyl/N-ethyl adjacent to an activating group) is 1. The molecule has 0 spiro atoms. The molecule has 0 aromatic rings. The Kier molecular flexibility index (Phi) is 78.3. The van der Waals surface area contributed by atoms with Crippen LogP contribution in [0.25, 0.3) is 0 Å². The number of carboxylic acid groups (broad SMARTS) is 1. The molecule has 0 amide bonds. The summed E-state index contributed by atoms with van der Waals surface area (Å²) in [6.07, 6.45) is 113. The third-order valence-electron chi connectivity index (χ3n) is 19.0. The van der Waals surface area contributed by atoms with Crippen molar-refractivity contribution >= 4 is 17.9 Å². The van der Waals surface area contributed by atoms with E-state index in [1.165, 1.54) is 283 Å². The molecule has 0 aromatic carbocycles. The molecule has 0 aliphatic rings. The predicted molar refractivity (Wildman–Crippen MR) is 438 cm³/mol. The highest BCUT2D eigenvalue weighted by Gasteiger charge is 2.25. The average Bonchev–Trinajstić information content (AvgIpc) is 1.25. The lowest BCUT2D eigenvalue weighted by Gasteiger charge is -2.25. The largest absolute Gasteiger partial charge is 0.477 e. The summed E-state index contributed by atoms with van der Waals surface area (Å²) in [4.78, 5) is 37.8. The lowest BCUT2D eigenvalue weighted by Crippen LogP contribution is -2.40. The minimum atomic E-state index is -1.51. The summed E-state index contributed by atoms with van der Waals surface area (Å²) in [6.45, 7) is 4.80. The average molecular weight is 1410 g/mol. The van der Waals surface area contributed by atoms with E-state index in [2.05, 4.69) is 123 Å². The molecule has 0 saturated carbocycles. The zero-order chi connectivity index (χ0) is 73.2. The molecule has 0 saturated heterocycles. The molecular weight excluding hydrogens is 1250 g/mol. The molecule has 0 aliphatic carbocycles. The molecule has 9 nitrogen and oxygen atoms in total. The number of ether oxygens (including phenoxy) is 4. The van der Waals surface area contributed by atoms with E-state index in [9.17, 15) is 19.5 Å². The Morgan fingerprint density at radius 1 is 0.307 bits per heavy atom. The van der Waals surface area contributed by atoms with E-state index < -0.39 is 18.4 Å². The normalized spacial score (nSPS) is 13.2. The second-order valence-electron chi connectivity index (χ2n) is 30.1. The van der Waals surface area contributed by atoms with Crippen LogP contribution in [0.4, 0.5) is 0 Å². The van der Waals surface area contributed by atoms with Gasteiger partial charge in [0.1, 0.15) is 13.2 Å². The number of carboxylic acids is 1. The highest BCUT2D eigenvalue weighted by atomic mass is 16.7. The van der Waals surface area contributed by atoms with Crippen molar-refractivity contribution in [3.05, 3.63) is 109 Å². The maximum absolute atomic E-state index is 13.0. The lowest BCUT2D eigenvalue weighted by atomic mass is 10.0. The highest BCUT2D eigenvalue weighted by Crippen LogP contribution is 2.20. The van der Waals surface area contributed by atoms with Crippen LogP contribution in [0.3, 0.4) is 0 Å². The van der Waals surface area contributed by atoms with Crippen LogP contribution in [-0.2, 0) is 33.3 Å². The van der Waals surface area contributed by atoms with Gasteiger partial charge in [-0.15, -0.1) is 0 Å². The molecule has 0 radical (unpaired) electrons. The Morgan fingerprint density at radius 2 is 0.564 bits per heavy atom. The van der Waals surface area contributed by atoms with E-state index >= 15 is 0 Å². The maximum atomic E-state index is 13.0. The summed E-state index contributed by atoms with van der Waals surface area (Å²) >= 11 is 0. The van der Waals surface area contributed by atoms with E-state index in [1.807, 2.05) is 21.1 Å². The van der Waals surface area contributed by atoms with Gasteiger partial charge in [0.15, 0.2) is 6.10 Å². The SMILES string of the molecule is CC/C=C\C/C=C\C/C=C\C/C=C\C/C=C\C/C=C\CCCCCCCCCCCCCCCCCCC(=O)OC(COC(=O)CCCCCCCCCCCCCCCCCCCCCCCCCCCC/C=C\C/C=C\C/C=C\CCCCCCC)COC(OCC[N+](C)(C)C)C(=O)O. The van der Waals surface area contributed by atoms with Gasteiger partial charge in [-0.25, -0.2) is 4.79 Å².